The summed E-state index contributed by atoms with van der Waals surface area (Å²) in [7, 11) is 0. The number of ether oxygens (including phenoxy) is 1. The Balaban J connectivity index is 1.69. The Hall–Kier alpha value is -2.18. The molecule has 2 aliphatic heterocycles. The molecule has 3 rings (SSSR count). The zero-order chi connectivity index (χ0) is 30.5. The molecular formula is C30H44N4O5S3. The molecule has 1 aromatic heterocycles. The number of carbonyl (C=O) groups is 4. The van der Waals surface area contributed by atoms with E-state index in [0.29, 0.717) is 41.5 Å². The maximum Gasteiger partial charge on any atom is 0.329 e. The van der Waals surface area contributed by atoms with Crippen LogP contribution in [0.15, 0.2) is 22.5 Å². The van der Waals surface area contributed by atoms with Crippen LogP contribution in [0.3, 0.4) is 0 Å². The van der Waals surface area contributed by atoms with Crippen molar-refractivity contribution < 1.29 is 23.9 Å². The van der Waals surface area contributed by atoms with Gasteiger partial charge >= 0.3 is 5.97 Å². The second kappa shape index (κ2) is 17.2. The number of unbranched alkanes of at least 4 members (excludes halogenated alkanes) is 4. The van der Waals surface area contributed by atoms with E-state index in [-0.39, 0.29) is 35.8 Å². The first-order chi connectivity index (χ1) is 20.2. The quantitative estimate of drug-likeness (QED) is 0.177. The third-order valence-corrected chi connectivity index (χ3v) is 10.2. The van der Waals surface area contributed by atoms with Gasteiger partial charge in [-0.1, -0.05) is 71.2 Å². The lowest BCUT2D eigenvalue weighted by molar-refractivity contribution is -0.153. The molecule has 0 saturated heterocycles. The molecule has 2 aliphatic rings. The van der Waals surface area contributed by atoms with Gasteiger partial charge in [0.25, 0.3) is 0 Å². The van der Waals surface area contributed by atoms with Crippen molar-refractivity contribution >= 4 is 62.8 Å². The van der Waals surface area contributed by atoms with E-state index < -0.39 is 23.7 Å². The Bertz CT molecular complexity index is 1150. The van der Waals surface area contributed by atoms with Crippen LogP contribution in [0.1, 0.15) is 96.2 Å². The molecule has 2 N–H and O–H groups in total. The lowest BCUT2D eigenvalue weighted by Crippen LogP contribution is -2.54. The average Bonchev–Trinajstić information content (AvgIpc) is 3.62. The monoisotopic (exact) mass is 636 g/mol. The zero-order valence-electron chi connectivity index (χ0n) is 25.1. The number of thiazole rings is 1. The van der Waals surface area contributed by atoms with Crippen LogP contribution in [0.4, 0.5) is 0 Å². The van der Waals surface area contributed by atoms with Crippen LogP contribution >= 0.6 is 34.9 Å². The lowest BCUT2D eigenvalue weighted by atomic mass is 9.96. The number of aromatic nitrogens is 1. The van der Waals surface area contributed by atoms with E-state index >= 15 is 0 Å². The number of aliphatic imine (C=N–C) groups is 1. The molecular weight excluding hydrogens is 593 g/mol. The minimum atomic E-state index is -0.994. The number of thioether (sulfide) groups is 2. The summed E-state index contributed by atoms with van der Waals surface area (Å²) in [5, 5.41) is 9.27. The maximum absolute atomic E-state index is 13.5. The smallest absolute Gasteiger partial charge is 0.329 e. The molecule has 12 heteroatoms. The molecule has 0 radical (unpaired) electrons. The number of cyclic esters (lactones) is 1. The SMILES string of the molecule is CCCCCCCC(=O)SCC/C=C/[C@@H]1CC(=O)NCc2nc(cs2)C2=N[C@@](CC)(CS2)C(=O)N[C@@H](C(C)C)C(=O)O1. The van der Waals surface area contributed by atoms with Crippen molar-refractivity contribution in [2.24, 2.45) is 10.9 Å². The second-order valence-corrected chi connectivity index (χ2v) is 14.0. The molecule has 232 valence electrons. The fraction of sp³-hybridized carbons (Fsp3) is 0.667. The van der Waals surface area contributed by atoms with Gasteiger partial charge in [-0.2, -0.15) is 0 Å². The van der Waals surface area contributed by atoms with Crippen molar-refractivity contribution in [1.29, 1.82) is 0 Å². The van der Waals surface area contributed by atoms with Gasteiger partial charge in [0, 0.05) is 23.3 Å². The number of nitrogens with zero attached hydrogens (tertiary/aromatic N) is 2. The van der Waals surface area contributed by atoms with Gasteiger partial charge in [-0.05, 0) is 31.3 Å². The molecule has 0 unspecified atom stereocenters. The highest BCUT2D eigenvalue weighted by molar-refractivity contribution is 8.14. The number of nitrogens with one attached hydrogen (secondary N) is 2. The summed E-state index contributed by atoms with van der Waals surface area (Å²) >= 11 is 4.21. The molecule has 0 aliphatic carbocycles. The van der Waals surface area contributed by atoms with E-state index in [1.165, 1.54) is 54.1 Å². The van der Waals surface area contributed by atoms with Crippen molar-refractivity contribution in [3.8, 4) is 0 Å². The lowest BCUT2D eigenvalue weighted by Gasteiger charge is -2.28. The van der Waals surface area contributed by atoms with Gasteiger partial charge < -0.3 is 15.4 Å². The van der Waals surface area contributed by atoms with E-state index in [9.17, 15) is 19.2 Å². The van der Waals surface area contributed by atoms with Gasteiger partial charge in [0.1, 0.15) is 33.4 Å². The van der Waals surface area contributed by atoms with Crippen molar-refractivity contribution in [2.75, 3.05) is 11.5 Å². The minimum absolute atomic E-state index is 0.0650. The van der Waals surface area contributed by atoms with E-state index in [1.54, 1.807) is 6.08 Å². The Morgan fingerprint density at radius 2 is 2.00 bits per heavy atom. The standard InChI is InChI=1S/C30H44N4O5S3/c1-5-7-8-9-10-14-25(36)40-15-12-11-13-21-16-23(35)31-17-24-32-22(18-41-24)27-34-30(6-2,19-42-27)29(38)33-26(20(3)4)28(37)39-21/h11,13,18,20-21,26H,5-10,12,14-17,19H2,1-4H3,(H,31,35)(H,33,38)/b13-11+/t21-,26+,30+/m1/s1. The third kappa shape index (κ3) is 10.2. The first kappa shape index (κ1) is 34.3. The van der Waals surface area contributed by atoms with E-state index in [0.717, 1.165) is 17.8 Å². The molecule has 3 atom stereocenters. The molecule has 0 saturated carbocycles. The van der Waals surface area contributed by atoms with Gasteiger partial charge in [-0.15, -0.1) is 23.1 Å². The van der Waals surface area contributed by atoms with Crippen molar-refractivity contribution in [3.05, 3.63) is 28.2 Å². The highest BCUT2D eigenvalue weighted by atomic mass is 32.2. The van der Waals surface area contributed by atoms with Gasteiger partial charge in [-0.3, -0.25) is 19.4 Å². The number of carbonyl (C=O) groups excluding carboxylic acids is 4. The van der Waals surface area contributed by atoms with Crippen LogP contribution in [0.5, 0.6) is 0 Å². The molecule has 0 aromatic carbocycles. The van der Waals surface area contributed by atoms with Gasteiger partial charge in [0.05, 0.1) is 13.0 Å². The van der Waals surface area contributed by atoms with Crippen molar-refractivity contribution in [1.82, 2.24) is 15.6 Å². The summed E-state index contributed by atoms with van der Waals surface area (Å²) in [6.45, 7) is 8.01. The molecule has 3 heterocycles. The topological polar surface area (TPSA) is 127 Å². The fourth-order valence-corrected chi connectivity index (χ4v) is 7.36. The second-order valence-electron chi connectivity index (χ2n) is 11.0. The predicted octanol–water partition coefficient (Wildman–Crippen LogP) is 5.42. The third-order valence-electron chi connectivity index (χ3n) is 7.22. The van der Waals surface area contributed by atoms with Gasteiger partial charge in [-0.25, -0.2) is 9.78 Å². The Kier molecular flexibility index (Phi) is 14.1. The van der Waals surface area contributed by atoms with Gasteiger partial charge in [0.2, 0.25) is 11.8 Å². The summed E-state index contributed by atoms with van der Waals surface area (Å²) in [5.41, 5.74) is -0.301. The predicted molar refractivity (Wildman–Crippen MR) is 172 cm³/mol. The van der Waals surface area contributed by atoms with Crippen LogP contribution in [-0.2, 0) is 30.5 Å². The van der Waals surface area contributed by atoms with Crippen LogP contribution < -0.4 is 10.6 Å². The number of amides is 2. The highest BCUT2D eigenvalue weighted by Crippen LogP contribution is 2.34. The van der Waals surface area contributed by atoms with Crippen LogP contribution in [0, 0.1) is 5.92 Å². The minimum Gasteiger partial charge on any atom is -0.456 e. The summed E-state index contributed by atoms with van der Waals surface area (Å²) in [6, 6.07) is -0.895. The largest absolute Gasteiger partial charge is 0.456 e. The molecule has 0 fully saturated rings. The summed E-state index contributed by atoms with van der Waals surface area (Å²) in [4.78, 5) is 61.3. The van der Waals surface area contributed by atoms with Crippen molar-refractivity contribution in [2.45, 2.75) is 110 Å². The van der Waals surface area contributed by atoms with Crippen LogP contribution in [0.25, 0.3) is 0 Å². The molecule has 9 nitrogen and oxygen atoms in total. The number of allylic oxidation sites excluding steroid dienone is 1. The fourth-order valence-electron chi connectivity index (χ4n) is 4.53. The first-order valence-corrected chi connectivity index (χ1v) is 17.8. The Morgan fingerprint density at radius 1 is 1.21 bits per heavy atom. The molecule has 4 bridgehead atoms. The number of hydrogen-bond acceptors (Lipinski definition) is 10. The van der Waals surface area contributed by atoms with Crippen molar-refractivity contribution in [3.63, 3.8) is 0 Å². The molecule has 1 aromatic rings. The molecule has 2 amide bonds. The summed E-state index contributed by atoms with van der Waals surface area (Å²) in [5.74, 6) is -0.355. The molecule has 0 spiro atoms. The highest BCUT2D eigenvalue weighted by Gasteiger charge is 2.44. The van der Waals surface area contributed by atoms with Gasteiger partial charge in [0.15, 0.2) is 5.12 Å². The maximum atomic E-state index is 13.5. The van der Waals surface area contributed by atoms with E-state index in [1.807, 2.05) is 32.2 Å². The summed E-state index contributed by atoms with van der Waals surface area (Å²) < 4.78 is 5.80. The number of hydrogen-bond donors (Lipinski definition) is 2. The Labute approximate surface area is 261 Å². The Morgan fingerprint density at radius 3 is 2.74 bits per heavy atom. The normalized spacial score (nSPS) is 23.5. The number of esters is 1. The number of rotatable bonds is 12. The zero-order valence-corrected chi connectivity index (χ0v) is 27.6. The van der Waals surface area contributed by atoms with E-state index in [2.05, 4.69) is 22.5 Å². The average molecular weight is 637 g/mol. The van der Waals surface area contributed by atoms with Crippen LogP contribution in [-0.4, -0.2) is 62.1 Å². The van der Waals surface area contributed by atoms with E-state index in [4.69, 9.17) is 9.73 Å². The number of fused-ring (bicyclic) bond motifs is 4. The first-order valence-electron chi connectivity index (χ1n) is 14.9. The molecule has 42 heavy (non-hydrogen) atoms. The van der Waals surface area contributed by atoms with Crippen LogP contribution in [0.2, 0.25) is 0 Å². The summed E-state index contributed by atoms with van der Waals surface area (Å²) in [6.07, 6.45) is 9.91.